The predicted molar refractivity (Wildman–Crippen MR) is 214 cm³/mol. The van der Waals surface area contributed by atoms with E-state index in [0.717, 1.165) is 83.5 Å². The van der Waals surface area contributed by atoms with Crippen LogP contribution in [0.5, 0.6) is 0 Å². The lowest BCUT2D eigenvalue weighted by Gasteiger charge is -2.18. The van der Waals surface area contributed by atoms with Crippen LogP contribution in [-0.4, -0.2) is 37.2 Å². The maximum absolute atomic E-state index is 12.6. The Morgan fingerprint density at radius 2 is 0.843 bits per heavy atom. The Hall–Kier alpha value is -3.41. The minimum absolute atomic E-state index is 0.125. The largest absolute Gasteiger partial charge is 0.462 e. The fraction of sp³-hybridized carbons (Fsp3) is 0.622. The standard InChI is InChI=1S/C45H72O6/c1-4-7-10-13-16-19-21-23-26-29-32-35-38-44(47)50-41-42(40-49-43(46)37-34-31-28-25-18-15-12-9-6-3)51-45(48)39-36-33-30-27-24-22-20-17-14-11-8-5-2/h7,9-10,12,16-20,23,25-26,31,34,42H,4-6,8,11,13-15,21-22,24,27-30,32-33,35-41H2,1-3H3/b10-7-,12-9-,19-16-,20-17-,25-18-,26-23-,34-31-. The van der Waals surface area contributed by atoms with Gasteiger partial charge in [-0.2, -0.15) is 0 Å². The number of allylic oxidation sites excluding steroid dienone is 13. The van der Waals surface area contributed by atoms with Gasteiger partial charge in [0.1, 0.15) is 13.2 Å². The monoisotopic (exact) mass is 709 g/mol. The van der Waals surface area contributed by atoms with Gasteiger partial charge in [0, 0.05) is 12.8 Å². The van der Waals surface area contributed by atoms with E-state index in [1.54, 1.807) is 6.08 Å². The van der Waals surface area contributed by atoms with Crippen LogP contribution in [-0.2, 0) is 28.6 Å². The van der Waals surface area contributed by atoms with Gasteiger partial charge in [-0.15, -0.1) is 0 Å². The fourth-order valence-corrected chi connectivity index (χ4v) is 4.92. The maximum atomic E-state index is 12.6. The van der Waals surface area contributed by atoms with Gasteiger partial charge in [0.15, 0.2) is 6.10 Å². The summed E-state index contributed by atoms with van der Waals surface area (Å²) in [7, 11) is 0. The third-order valence-corrected chi connectivity index (χ3v) is 7.90. The molecule has 0 aromatic carbocycles. The highest BCUT2D eigenvalue weighted by Gasteiger charge is 2.19. The van der Waals surface area contributed by atoms with Crippen molar-refractivity contribution in [3.05, 3.63) is 85.1 Å². The van der Waals surface area contributed by atoms with E-state index in [1.807, 2.05) is 6.08 Å². The molecule has 0 saturated carbocycles. The number of rotatable bonds is 34. The van der Waals surface area contributed by atoms with Crippen LogP contribution >= 0.6 is 0 Å². The second-order valence-corrected chi connectivity index (χ2v) is 12.8. The second kappa shape index (κ2) is 39.4. The maximum Gasteiger partial charge on any atom is 0.309 e. The Bertz CT molecular complexity index is 1040. The lowest BCUT2D eigenvalue weighted by Crippen LogP contribution is -2.30. The lowest BCUT2D eigenvalue weighted by molar-refractivity contribution is -0.166. The first kappa shape index (κ1) is 47.6. The van der Waals surface area contributed by atoms with Crippen molar-refractivity contribution >= 4 is 17.9 Å². The molecule has 0 spiro atoms. The van der Waals surface area contributed by atoms with Crippen LogP contribution in [0.3, 0.4) is 0 Å². The van der Waals surface area contributed by atoms with E-state index in [1.165, 1.54) is 32.1 Å². The quantitative estimate of drug-likeness (QED) is 0.0286. The Morgan fingerprint density at radius 3 is 1.43 bits per heavy atom. The van der Waals surface area contributed by atoms with Gasteiger partial charge in [0.2, 0.25) is 0 Å². The minimum Gasteiger partial charge on any atom is -0.462 e. The topological polar surface area (TPSA) is 78.9 Å². The van der Waals surface area contributed by atoms with Crippen molar-refractivity contribution in [2.24, 2.45) is 0 Å². The first-order chi connectivity index (χ1) is 25.0. The average molecular weight is 709 g/mol. The van der Waals surface area contributed by atoms with Crippen LogP contribution in [0.2, 0.25) is 0 Å². The van der Waals surface area contributed by atoms with Crippen LogP contribution in [0, 0.1) is 0 Å². The molecule has 0 aromatic rings. The first-order valence-corrected chi connectivity index (χ1v) is 20.1. The zero-order valence-electron chi connectivity index (χ0n) is 32.6. The highest BCUT2D eigenvalue weighted by Crippen LogP contribution is 2.11. The molecule has 0 aliphatic carbocycles. The molecule has 0 heterocycles. The molecule has 1 atom stereocenters. The van der Waals surface area contributed by atoms with Gasteiger partial charge in [-0.1, -0.05) is 138 Å². The van der Waals surface area contributed by atoms with Crippen molar-refractivity contribution in [2.45, 2.75) is 168 Å². The molecule has 0 saturated heterocycles. The summed E-state index contributed by atoms with van der Waals surface area (Å²) < 4.78 is 16.5. The number of hydrogen-bond acceptors (Lipinski definition) is 6. The normalized spacial score (nSPS) is 12.9. The summed E-state index contributed by atoms with van der Waals surface area (Å²) in [5.41, 5.74) is 0. The van der Waals surface area contributed by atoms with Crippen molar-refractivity contribution in [1.29, 1.82) is 0 Å². The van der Waals surface area contributed by atoms with E-state index in [2.05, 4.69) is 93.7 Å². The Balaban J connectivity index is 4.55. The summed E-state index contributed by atoms with van der Waals surface area (Å²) in [5, 5.41) is 0. The second-order valence-electron chi connectivity index (χ2n) is 12.8. The molecule has 0 aliphatic rings. The zero-order chi connectivity index (χ0) is 37.3. The molecule has 51 heavy (non-hydrogen) atoms. The molecule has 6 heteroatoms. The third kappa shape index (κ3) is 37.7. The van der Waals surface area contributed by atoms with Gasteiger partial charge in [-0.05, 0) is 89.9 Å². The molecule has 0 fully saturated rings. The highest BCUT2D eigenvalue weighted by atomic mass is 16.6. The van der Waals surface area contributed by atoms with Crippen LogP contribution in [0.1, 0.15) is 162 Å². The Labute approximate surface area is 312 Å². The number of esters is 3. The van der Waals surface area contributed by atoms with Gasteiger partial charge >= 0.3 is 17.9 Å². The summed E-state index contributed by atoms with van der Waals surface area (Å²) in [6, 6.07) is 0. The third-order valence-electron chi connectivity index (χ3n) is 7.90. The summed E-state index contributed by atoms with van der Waals surface area (Å²) in [6.45, 7) is 6.19. The van der Waals surface area contributed by atoms with Crippen molar-refractivity contribution in [3.8, 4) is 0 Å². The molecule has 1 unspecified atom stereocenters. The first-order valence-electron chi connectivity index (χ1n) is 20.1. The number of hydrogen-bond donors (Lipinski definition) is 0. The minimum atomic E-state index is -0.828. The van der Waals surface area contributed by atoms with Crippen LogP contribution in [0.15, 0.2) is 85.1 Å². The lowest BCUT2D eigenvalue weighted by atomic mass is 10.1. The summed E-state index contributed by atoms with van der Waals surface area (Å²) in [6.07, 6.45) is 48.9. The van der Waals surface area contributed by atoms with Gasteiger partial charge in [0.05, 0.1) is 6.42 Å². The molecule has 0 radical (unpaired) electrons. The SMILES string of the molecule is CC/C=C\C/C=C\C/C=C\CCCCC(=O)OCC(COC(=O)C/C=C\C/C=C\C/C=C\CC)OC(=O)CCCCCCC/C=C\CCCCC. The van der Waals surface area contributed by atoms with Crippen LogP contribution < -0.4 is 0 Å². The molecule has 0 bridgehead atoms. The predicted octanol–water partition coefficient (Wildman–Crippen LogP) is 12.5. The molecular weight excluding hydrogens is 636 g/mol. The molecule has 0 rings (SSSR count). The average Bonchev–Trinajstić information content (AvgIpc) is 3.12. The summed E-state index contributed by atoms with van der Waals surface area (Å²) in [4.78, 5) is 37.4. The number of unbranched alkanes of at least 4 members (excludes halogenated alkanes) is 10. The van der Waals surface area contributed by atoms with Gasteiger partial charge in [-0.3, -0.25) is 14.4 Å². The van der Waals surface area contributed by atoms with E-state index in [0.29, 0.717) is 19.3 Å². The van der Waals surface area contributed by atoms with E-state index in [-0.39, 0.29) is 31.6 Å². The van der Waals surface area contributed by atoms with Gasteiger partial charge in [0.25, 0.3) is 0 Å². The molecule has 0 amide bonds. The molecule has 0 aliphatic heterocycles. The van der Waals surface area contributed by atoms with E-state index >= 15 is 0 Å². The summed E-state index contributed by atoms with van der Waals surface area (Å²) in [5.74, 6) is -1.12. The van der Waals surface area contributed by atoms with Crippen molar-refractivity contribution in [2.75, 3.05) is 13.2 Å². The van der Waals surface area contributed by atoms with Crippen LogP contribution in [0.4, 0.5) is 0 Å². The van der Waals surface area contributed by atoms with E-state index in [4.69, 9.17) is 14.2 Å². The highest BCUT2D eigenvalue weighted by molar-refractivity contribution is 5.72. The van der Waals surface area contributed by atoms with Gasteiger partial charge in [-0.25, -0.2) is 0 Å². The van der Waals surface area contributed by atoms with Crippen molar-refractivity contribution in [3.63, 3.8) is 0 Å². The van der Waals surface area contributed by atoms with E-state index in [9.17, 15) is 14.4 Å². The number of carbonyl (C=O) groups is 3. The smallest absolute Gasteiger partial charge is 0.309 e. The van der Waals surface area contributed by atoms with Crippen molar-refractivity contribution < 1.29 is 28.6 Å². The fourth-order valence-electron chi connectivity index (χ4n) is 4.92. The number of ether oxygens (including phenoxy) is 3. The van der Waals surface area contributed by atoms with Crippen LogP contribution in [0.25, 0.3) is 0 Å². The Kier molecular flexibility index (Phi) is 36.7. The Morgan fingerprint density at radius 1 is 0.431 bits per heavy atom. The van der Waals surface area contributed by atoms with E-state index < -0.39 is 12.1 Å². The number of carbonyl (C=O) groups excluding carboxylic acids is 3. The van der Waals surface area contributed by atoms with Gasteiger partial charge < -0.3 is 14.2 Å². The molecule has 0 N–H and O–H groups in total. The summed E-state index contributed by atoms with van der Waals surface area (Å²) >= 11 is 0. The molecule has 6 nitrogen and oxygen atoms in total. The van der Waals surface area contributed by atoms with Crippen molar-refractivity contribution in [1.82, 2.24) is 0 Å². The molecule has 288 valence electrons. The molecule has 0 aromatic heterocycles. The zero-order valence-corrected chi connectivity index (χ0v) is 32.6. The molecular formula is C45H72O6.